The van der Waals surface area contributed by atoms with E-state index in [0.29, 0.717) is 39.3 Å². The molecule has 1 saturated heterocycles. The van der Waals surface area contributed by atoms with E-state index in [2.05, 4.69) is 16.3 Å². The van der Waals surface area contributed by atoms with Gasteiger partial charge in [-0.3, -0.25) is 4.79 Å². The molecule has 1 amide bonds. The first-order valence-electron chi connectivity index (χ1n) is 8.68. The number of piperazine rings is 1. The van der Waals surface area contributed by atoms with Crippen molar-refractivity contribution in [2.24, 2.45) is 5.73 Å². The summed E-state index contributed by atoms with van der Waals surface area (Å²) in [4.78, 5) is 14.0. The number of nitrogens with one attached hydrogen (secondary N) is 1. The minimum absolute atomic E-state index is 0.400. The molecule has 0 radical (unpaired) electrons. The van der Waals surface area contributed by atoms with Crippen molar-refractivity contribution in [3.8, 4) is 0 Å². The molecule has 1 aromatic rings. The van der Waals surface area contributed by atoms with Crippen molar-refractivity contribution in [3.05, 3.63) is 29.8 Å². The van der Waals surface area contributed by atoms with Gasteiger partial charge >= 0.3 is 0 Å². The van der Waals surface area contributed by atoms with Gasteiger partial charge in [0, 0.05) is 38.4 Å². The topological polar surface area (TPSA) is 95.7 Å². The summed E-state index contributed by atoms with van der Waals surface area (Å²) in [5, 5.41) is 2.64. The van der Waals surface area contributed by atoms with Gasteiger partial charge in [0.2, 0.25) is 15.9 Å². The lowest BCUT2D eigenvalue weighted by Gasteiger charge is -2.35. The van der Waals surface area contributed by atoms with E-state index in [1.807, 2.05) is 25.1 Å². The minimum Gasteiger partial charge on any atom is -0.369 e. The molecule has 0 aromatic heterocycles. The zero-order valence-electron chi connectivity index (χ0n) is 14.8. The molecular formula is C17H28N4O3S. The summed E-state index contributed by atoms with van der Waals surface area (Å²) < 4.78 is 26.2. The van der Waals surface area contributed by atoms with Gasteiger partial charge in [0.25, 0.3) is 0 Å². The lowest BCUT2D eigenvalue weighted by Crippen LogP contribution is -2.50. The number of aryl methyl sites for hydroxylation is 1. The summed E-state index contributed by atoms with van der Waals surface area (Å²) in [5.74, 6) is -0.932. The average Bonchev–Trinajstić information content (AvgIpc) is 2.58. The van der Waals surface area contributed by atoms with Crippen LogP contribution >= 0.6 is 0 Å². The Bertz CT molecular complexity index is 670. The molecule has 25 heavy (non-hydrogen) atoms. The second-order valence-electron chi connectivity index (χ2n) is 6.33. The van der Waals surface area contributed by atoms with Gasteiger partial charge in [-0.25, -0.2) is 8.42 Å². The van der Waals surface area contributed by atoms with Crippen molar-refractivity contribution in [1.82, 2.24) is 9.62 Å². The molecule has 0 aliphatic carbocycles. The van der Waals surface area contributed by atoms with Crippen molar-refractivity contribution in [3.63, 3.8) is 0 Å². The smallest absolute Gasteiger partial charge is 0.236 e. The monoisotopic (exact) mass is 368 g/mol. The Morgan fingerprint density at radius 1 is 1.20 bits per heavy atom. The van der Waals surface area contributed by atoms with Gasteiger partial charge in [-0.05, 0) is 44.0 Å². The Morgan fingerprint density at radius 2 is 1.92 bits per heavy atom. The zero-order valence-corrected chi connectivity index (χ0v) is 15.6. The Labute approximate surface area is 150 Å². The van der Waals surface area contributed by atoms with E-state index < -0.39 is 21.7 Å². The first kappa shape index (κ1) is 19.7. The fourth-order valence-corrected chi connectivity index (χ4v) is 4.19. The predicted molar refractivity (Wildman–Crippen MR) is 100 cm³/mol. The van der Waals surface area contributed by atoms with Crippen LogP contribution in [-0.2, 0) is 14.8 Å². The molecule has 7 nitrogen and oxygen atoms in total. The van der Waals surface area contributed by atoms with Crippen molar-refractivity contribution >= 4 is 21.6 Å². The van der Waals surface area contributed by atoms with Gasteiger partial charge in [0.15, 0.2) is 0 Å². The number of rotatable bonds is 8. The SMILES string of the molecule is Cc1cccc(N2CCN(S(=O)(=O)CC(=O)NCCCCN)CC2)c1. The van der Waals surface area contributed by atoms with Gasteiger partial charge in [0.05, 0.1) is 0 Å². The van der Waals surface area contributed by atoms with Crippen LogP contribution < -0.4 is 16.0 Å². The third-order valence-corrected chi connectivity index (χ3v) is 6.04. The average molecular weight is 369 g/mol. The molecule has 1 aliphatic heterocycles. The molecule has 1 aliphatic rings. The van der Waals surface area contributed by atoms with Crippen molar-refractivity contribution < 1.29 is 13.2 Å². The highest BCUT2D eigenvalue weighted by molar-refractivity contribution is 7.89. The lowest BCUT2D eigenvalue weighted by atomic mass is 10.2. The molecule has 0 unspecified atom stereocenters. The van der Waals surface area contributed by atoms with Crippen molar-refractivity contribution in [2.75, 3.05) is 49.9 Å². The normalized spacial score (nSPS) is 16.0. The van der Waals surface area contributed by atoms with Crippen LogP contribution in [0.2, 0.25) is 0 Å². The quantitative estimate of drug-likeness (QED) is 0.644. The molecule has 1 heterocycles. The number of nitrogens with two attached hydrogens (primary N) is 1. The van der Waals surface area contributed by atoms with Crippen LogP contribution in [-0.4, -0.2) is 63.7 Å². The number of hydrogen-bond acceptors (Lipinski definition) is 5. The molecule has 0 saturated carbocycles. The molecule has 0 atom stereocenters. The summed E-state index contributed by atoms with van der Waals surface area (Å²) in [6, 6.07) is 8.17. The molecule has 1 fully saturated rings. The lowest BCUT2D eigenvalue weighted by molar-refractivity contribution is -0.118. The molecule has 1 aromatic carbocycles. The third kappa shape index (κ3) is 5.98. The summed E-state index contributed by atoms with van der Waals surface area (Å²) in [5.41, 5.74) is 7.67. The second-order valence-corrected chi connectivity index (χ2v) is 8.30. The first-order chi connectivity index (χ1) is 11.9. The fourth-order valence-electron chi connectivity index (χ4n) is 2.85. The Morgan fingerprint density at radius 3 is 2.56 bits per heavy atom. The molecule has 140 valence electrons. The van der Waals surface area contributed by atoms with E-state index in [9.17, 15) is 13.2 Å². The standard InChI is InChI=1S/C17H28N4O3S/c1-15-5-4-6-16(13-15)20-9-11-21(12-10-20)25(23,24)14-17(22)19-8-3-2-7-18/h4-6,13H,2-3,7-12,14,18H2,1H3,(H,19,22). The Hall–Kier alpha value is -1.64. The number of carbonyl (C=O) groups excluding carboxylic acids is 1. The van der Waals surface area contributed by atoms with E-state index in [4.69, 9.17) is 5.73 Å². The largest absolute Gasteiger partial charge is 0.369 e. The van der Waals surface area contributed by atoms with E-state index in [-0.39, 0.29) is 0 Å². The van der Waals surface area contributed by atoms with Gasteiger partial charge in [-0.15, -0.1) is 0 Å². The highest BCUT2D eigenvalue weighted by Gasteiger charge is 2.28. The van der Waals surface area contributed by atoms with E-state index in [1.54, 1.807) is 0 Å². The highest BCUT2D eigenvalue weighted by Crippen LogP contribution is 2.19. The minimum atomic E-state index is -3.57. The number of sulfonamides is 1. The van der Waals surface area contributed by atoms with Crippen LogP contribution in [0.4, 0.5) is 5.69 Å². The number of anilines is 1. The summed E-state index contributed by atoms with van der Waals surface area (Å²) >= 11 is 0. The second kappa shape index (κ2) is 9.17. The van der Waals surface area contributed by atoms with Crippen LogP contribution in [0, 0.1) is 6.92 Å². The molecule has 8 heteroatoms. The number of benzene rings is 1. The van der Waals surface area contributed by atoms with Crippen LogP contribution in [0.5, 0.6) is 0 Å². The number of unbranched alkanes of at least 4 members (excludes halogenated alkanes) is 1. The predicted octanol–water partition coefficient (Wildman–Crippen LogP) is 0.302. The van der Waals surface area contributed by atoms with Crippen LogP contribution in [0.15, 0.2) is 24.3 Å². The number of nitrogens with zero attached hydrogens (tertiary/aromatic N) is 2. The third-order valence-electron chi connectivity index (χ3n) is 4.27. The van der Waals surface area contributed by atoms with Crippen LogP contribution in [0.25, 0.3) is 0 Å². The number of carbonyl (C=O) groups is 1. The van der Waals surface area contributed by atoms with E-state index in [0.717, 1.165) is 18.5 Å². The number of amides is 1. The highest BCUT2D eigenvalue weighted by atomic mass is 32.2. The molecule has 0 spiro atoms. The molecule has 0 bridgehead atoms. The summed E-state index contributed by atoms with van der Waals surface area (Å²) in [7, 11) is -3.57. The maximum Gasteiger partial charge on any atom is 0.236 e. The van der Waals surface area contributed by atoms with Crippen LogP contribution in [0.3, 0.4) is 0 Å². The first-order valence-corrected chi connectivity index (χ1v) is 10.3. The van der Waals surface area contributed by atoms with Gasteiger partial charge in [-0.2, -0.15) is 4.31 Å². The summed E-state index contributed by atoms with van der Waals surface area (Å²) in [6.45, 7) is 5.12. The summed E-state index contributed by atoms with van der Waals surface area (Å²) in [6.07, 6.45) is 1.57. The van der Waals surface area contributed by atoms with E-state index >= 15 is 0 Å². The van der Waals surface area contributed by atoms with Crippen LogP contribution in [0.1, 0.15) is 18.4 Å². The molecule has 3 N–H and O–H groups in total. The van der Waals surface area contributed by atoms with Gasteiger partial charge in [-0.1, -0.05) is 12.1 Å². The van der Waals surface area contributed by atoms with Crippen molar-refractivity contribution in [2.45, 2.75) is 19.8 Å². The van der Waals surface area contributed by atoms with Gasteiger partial charge < -0.3 is 16.0 Å². The van der Waals surface area contributed by atoms with Crippen molar-refractivity contribution in [1.29, 1.82) is 0 Å². The Balaban J connectivity index is 1.83. The van der Waals surface area contributed by atoms with E-state index in [1.165, 1.54) is 9.87 Å². The molecule has 2 rings (SSSR count). The van der Waals surface area contributed by atoms with Gasteiger partial charge in [0.1, 0.15) is 5.75 Å². The zero-order chi connectivity index (χ0) is 18.3. The maximum absolute atomic E-state index is 12.4. The Kier molecular flexibility index (Phi) is 7.22. The fraction of sp³-hybridized carbons (Fsp3) is 0.588. The number of hydrogen-bond donors (Lipinski definition) is 2. The molecular weight excluding hydrogens is 340 g/mol. The maximum atomic E-state index is 12.4.